The molecular formula is C24H52NO+. The normalized spacial score (nSPS) is 13.8. The van der Waals surface area contributed by atoms with Gasteiger partial charge >= 0.3 is 0 Å². The highest BCUT2D eigenvalue weighted by molar-refractivity contribution is 4.50. The van der Waals surface area contributed by atoms with E-state index in [-0.39, 0.29) is 0 Å². The van der Waals surface area contributed by atoms with Crippen molar-refractivity contribution in [3.63, 3.8) is 0 Å². The van der Waals surface area contributed by atoms with Crippen molar-refractivity contribution in [2.45, 2.75) is 123 Å². The fourth-order valence-corrected chi connectivity index (χ4v) is 4.16. The average Bonchev–Trinajstić information content (AvgIpc) is 2.62. The topological polar surface area (TPSA) is 20.2 Å². The highest BCUT2D eigenvalue weighted by Crippen LogP contribution is 2.14. The van der Waals surface area contributed by atoms with Crippen molar-refractivity contribution in [1.82, 2.24) is 0 Å². The Morgan fingerprint density at radius 1 is 0.462 bits per heavy atom. The van der Waals surface area contributed by atoms with Crippen LogP contribution >= 0.6 is 0 Å². The summed E-state index contributed by atoms with van der Waals surface area (Å²) in [7, 11) is 2.31. The molecule has 1 atom stereocenters. The van der Waals surface area contributed by atoms with E-state index in [0.29, 0.717) is 6.61 Å². The van der Waals surface area contributed by atoms with Gasteiger partial charge in [0.05, 0.1) is 26.7 Å². The molecule has 1 N–H and O–H groups in total. The molecule has 0 aromatic rings. The summed E-state index contributed by atoms with van der Waals surface area (Å²) in [4.78, 5) is 0. The van der Waals surface area contributed by atoms with Gasteiger partial charge in [-0.25, -0.2) is 0 Å². The maximum Gasteiger partial charge on any atom is 0.102 e. The number of rotatable bonds is 21. The molecule has 0 bridgehead atoms. The second kappa shape index (κ2) is 19.7. The number of hydrogen-bond acceptors (Lipinski definition) is 1. The SMILES string of the molecule is CCCCCCCCCCCCCCCCCC[N+](C)(CCC)CCO. The molecule has 0 amide bonds. The van der Waals surface area contributed by atoms with Gasteiger partial charge in [-0.05, 0) is 19.3 Å². The van der Waals surface area contributed by atoms with E-state index in [1.807, 2.05) is 0 Å². The van der Waals surface area contributed by atoms with Crippen molar-refractivity contribution < 1.29 is 9.59 Å². The predicted octanol–water partition coefficient (Wildman–Crippen LogP) is 7.10. The second-order valence-electron chi connectivity index (χ2n) is 8.82. The lowest BCUT2D eigenvalue weighted by Crippen LogP contribution is -2.47. The lowest BCUT2D eigenvalue weighted by Gasteiger charge is -2.33. The number of quaternary nitrogens is 1. The molecule has 158 valence electrons. The summed E-state index contributed by atoms with van der Waals surface area (Å²) in [6.45, 7) is 8.25. The molecular weight excluding hydrogens is 318 g/mol. The van der Waals surface area contributed by atoms with Crippen LogP contribution in [0, 0.1) is 0 Å². The standard InChI is InChI=1S/C24H52NO/c1-4-6-7-8-9-10-11-12-13-14-15-16-17-18-19-20-22-25(3,21-5-2)23-24-26/h26H,4-24H2,1-3H3/q+1. The Labute approximate surface area is 166 Å². The summed E-state index contributed by atoms with van der Waals surface area (Å²) < 4.78 is 1.06. The monoisotopic (exact) mass is 370 g/mol. The lowest BCUT2D eigenvalue weighted by atomic mass is 10.0. The molecule has 0 spiro atoms. The molecule has 0 aliphatic heterocycles. The first-order valence-electron chi connectivity index (χ1n) is 12.1. The van der Waals surface area contributed by atoms with Crippen LogP contribution in [-0.2, 0) is 0 Å². The molecule has 0 saturated heterocycles. The van der Waals surface area contributed by atoms with Crippen LogP contribution in [0.5, 0.6) is 0 Å². The zero-order valence-corrected chi connectivity index (χ0v) is 18.7. The van der Waals surface area contributed by atoms with E-state index in [1.54, 1.807) is 0 Å². The molecule has 0 aromatic heterocycles. The number of unbranched alkanes of at least 4 members (excludes halogenated alkanes) is 15. The minimum atomic E-state index is 0.329. The first kappa shape index (κ1) is 25.9. The van der Waals surface area contributed by atoms with Crippen molar-refractivity contribution in [2.75, 3.05) is 33.3 Å². The molecule has 0 aromatic carbocycles. The number of hydrogen-bond donors (Lipinski definition) is 1. The molecule has 2 heteroatoms. The highest BCUT2D eigenvalue weighted by atomic mass is 16.3. The van der Waals surface area contributed by atoms with Crippen molar-refractivity contribution in [3.05, 3.63) is 0 Å². The van der Waals surface area contributed by atoms with Gasteiger partial charge in [0.15, 0.2) is 0 Å². The molecule has 0 heterocycles. The molecule has 0 fully saturated rings. The first-order valence-corrected chi connectivity index (χ1v) is 12.1. The summed E-state index contributed by atoms with van der Waals surface area (Å²) in [5.41, 5.74) is 0. The Balaban J connectivity index is 3.26. The molecule has 0 radical (unpaired) electrons. The number of nitrogens with zero attached hydrogens (tertiary/aromatic N) is 1. The minimum absolute atomic E-state index is 0.329. The molecule has 0 aliphatic rings. The Morgan fingerprint density at radius 3 is 1.19 bits per heavy atom. The summed E-state index contributed by atoms with van der Waals surface area (Å²) in [5.74, 6) is 0. The van der Waals surface area contributed by atoms with Crippen LogP contribution in [0.15, 0.2) is 0 Å². The number of aliphatic hydroxyl groups is 1. The molecule has 2 nitrogen and oxygen atoms in total. The Hall–Kier alpha value is -0.0800. The van der Waals surface area contributed by atoms with E-state index in [9.17, 15) is 5.11 Å². The Morgan fingerprint density at radius 2 is 0.846 bits per heavy atom. The van der Waals surface area contributed by atoms with Gasteiger partial charge in [0, 0.05) is 0 Å². The van der Waals surface area contributed by atoms with Crippen molar-refractivity contribution in [1.29, 1.82) is 0 Å². The van der Waals surface area contributed by atoms with Gasteiger partial charge in [0.25, 0.3) is 0 Å². The lowest BCUT2D eigenvalue weighted by molar-refractivity contribution is -0.910. The van der Waals surface area contributed by atoms with Gasteiger partial charge in [-0.1, -0.05) is 104 Å². The third-order valence-electron chi connectivity index (χ3n) is 5.95. The molecule has 0 saturated carbocycles. The van der Waals surface area contributed by atoms with Crippen LogP contribution in [0.4, 0.5) is 0 Å². The van der Waals surface area contributed by atoms with E-state index >= 15 is 0 Å². The maximum absolute atomic E-state index is 9.25. The Kier molecular flexibility index (Phi) is 19.6. The van der Waals surface area contributed by atoms with E-state index in [2.05, 4.69) is 20.9 Å². The van der Waals surface area contributed by atoms with Crippen LogP contribution < -0.4 is 0 Å². The third kappa shape index (κ3) is 17.3. The van der Waals surface area contributed by atoms with Gasteiger partial charge < -0.3 is 9.59 Å². The van der Waals surface area contributed by atoms with Gasteiger partial charge in [0.2, 0.25) is 0 Å². The fraction of sp³-hybridized carbons (Fsp3) is 1.00. The first-order chi connectivity index (χ1) is 12.7. The summed E-state index contributed by atoms with van der Waals surface area (Å²) >= 11 is 0. The van der Waals surface area contributed by atoms with Crippen molar-refractivity contribution in [2.24, 2.45) is 0 Å². The fourth-order valence-electron chi connectivity index (χ4n) is 4.16. The van der Waals surface area contributed by atoms with Crippen LogP contribution in [-0.4, -0.2) is 42.9 Å². The quantitative estimate of drug-likeness (QED) is 0.169. The zero-order chi connectivity index (χ0) is 19.3. The largest absolute Gasteiger partial charge is 0.391 e. The van der Waals surface area contributed by atoms with E-state index in [4.69, 9.17) is 0 Å². The van der Waals surface area contributed by atoms with E-state index < -0.39 is 0 Å². The van der Waals surface area contributed by atoms with Crippen LogP contribution in [0.25, 0.3) is 0 Å². The van der Waals surface area contributed by atoms with E-state index in [0.717, 1.165) is 11.0 Å². The van der Waals surface area contributed by atoms with Gasteiger partial charge in [-0.2, -0.15) is 0 Å². The molecule has 0 aliphatic carbocycles. The zero-order valence-electron chi connectivity index (χ0n) is 18.7. The highest BCUT2D eigenvalue weighted by Gasteiger charge is 2.18. The molecule has 1 unspecified atom stereocenters. The average molecular weight is 371 g/mol. The van der Waals surface area contributed by atoms with Crippen LogP contribution in [0.1, 0.15) is 123 Å². The van der Waals surface area contributed by atoms with Crippen LogP contribution in [0.2, 0.25) is 0 Å². The maximum atomic E-state index is 9.25. The van der Waals surface area contributed by atoms with Crippen molar-refractivity contribution >= 4 is 0 Å². The summed E-state index contributed by atoms with van der Waals surface area (Å²) in [5, 5.41) is 9.25. The van der Waals surface area contributed by atoms with Gasteiger partial charge in [-0.15, -0.1) is 0 Å². The van der Waals surface area contributed by atoms with Gasteiger partial charge in [-0.3, -0.25) is 0 Å². The van der Waals surface area contributed by atoms with Crippen molar-refractivity contribution in [3.8, 4) is 0 Å². The summed E-state index contributed by atoms with van der Waals surface area (Å²) in [6.07, 6.45) is 24.1. The Bertz CT molecular complexity index is 261. The third-order valence-corrected chi connectivity index (χ3v) is 5.95. The summed E-state index contributed by atoms with van der Waals surface area (Å²) in [6, 6.07) is 0. The number of likely N-dealkylation sites (N-methyl/N-ethyl adjacent to an activating group) is 1. The van der Waals surface area contributed by atoms with Gasteiger partial charge in [0.1, 0.15) is 6.54 Å². The molecule has 26 heavy (non-hydrogen) atoms. The number of aliphatic hydroxyl groups excluding tert-OH is 1. The molecule has 0 rings (SSSR count). The smallest absolute Gasteiger partial charge is 0.102 e. The minimum Gasteiger partial charge on any atom is -0.391 e. The van der Waals surface area contributed by atoms with E-state index in [1.165, 1.54) is 122 Å². The second-order valence-corrected chi connectivity index (χ2v) is 8.82. The van der Waals surface area contributed by atoms with Crippen LogP contribution in [0.3, 0.4) is 0 Å². The predicted molar refractivity (Wildman–Crippen MR) is 118 cm³/mol.